The van der Waals surface area contributed by atoms with Crippen LogP contribution < -0.4 is 5.32 Å². The minimum Gasteiger partial charge on any atom is -0.372 e. The van der Waals surface area contributed by atoms with E-state index in [1.165, 1.54) is 0 Å². The fourth-order valence-electron chi connectivity index (χ4n) is 1.57. The van der Waals surface area contributed by atoms with Crippen LogP contribution in [0.4, 0.5) is 13.2 Å². The summed E-state index contributed by atoms with van der Waals surface area (Å²) >= 11 is 5.87. The van der Waals surface area contributed by atoms with Gasteiger partial charge in [-0.2, -0.15) is 13.2 Å². The summed E-state index contributed by atoms with van der Waals surface area (Å²) in [5.74, 6) is 0. The predicted molar refractivity (Wildman–Crippen MR) is 69.4 cm³/mol. The second-order valence-electron chi connectivity index (χ2n) is 4.09. The highest BCUT2D eigenvalue weighted by Gasteiger charge is 2.27. The van der Waals surface area contributed by atoms with Crippen LogP contribution >= 0.6 is 11.6 Å². The van der Waals surface area contributed by atoms with E-state index in [0.717, 1.165) is 12.1 Å². The number of likely N-dealkylation sites (N-methyl/N-ethyl adjacent to an activating group) is 1. The third kappa shape index (κ3) is 6.80. The van der Waals surface area contributed by atoms with Gasteiger partial charge in [0.1, 0.15) is 0 Å². The van der Waals surface area contributed by atoms with E-state index < -0.39 is 18.7 Å². The molecule has 1 unspecified atom stereocenters. The summed E-state index contributed by atoms with van der Waals surface area (Å²) in [7, 11) is 0. The molecule has 6 heteroatoms. The summed E-state index contributed by atoms with van der Waals surface area (Å²) < 4.78 is 41.6. The van der Waals surface area contributed by atoms with Crippen LogP contribution in [0.15, 0.2) is 24.3 Å². The third-order valence-electron chi connectivity index (χ3n) is 2.50. The SMILES string of the molecule is CCNCC(OCCC(F)(F)F)c1cccc(Cl)c1. The number of rotatable bonds is 7. The molecule has 19 heavy (non-hydrogen) atoms. The molecule has 0 amide bonds. The van der Waals surface area contributed by atoms with E-state index in [1.807, 2.05) is 6.92 Å². The molecule has 0 heterocycles. The minimum atomic E-state index is -4.20. The van der Waals surface area contributed by atoms with E-state index in [2.05, 4.69) is 5.32 Å². The molecule has 1 atom stereocenters. The van der Waals surface area contributed by atoms with Gasteiger partial charge in [0.2, 0.25) is 0 Å². The fraction of sp³-hybridized carbons (Fsp3) is 0.538. The first kappa shape index (κ1) is 16.3. The number of hydrogen-bond donors (Lipinski definition) is 1. The van der Waals surface area contributed by atoms with Gasteiger partial charge in [0.25, 0.3) is 0 Å². The van der Waals surface area contributed by atoms with Gasteiger partial charge in [0.15, 0.2) is 0 Å². The average molecular weight is 296 g/mol. The molecule has 1 aromatic carbocycles. The Morgan fingerprint density at radius 2 is 2.11 bits per heavy atom. The molecule has 108 valence electrons. The summed E-state index contributed by atoms with van der Waals surface area (Å²) in [5.41, 5.74) is 0.774. The molecule has 2 nitrogen and oxygen atoms in total. The average Bonchev–Trinajstić information content (AvgIpc) is 2.32. The first-order valence-corrected chi connectivity index (χ1v) is 6.44. The molecule has 0 saturated heterocycles. The van der Waals surface area contributed by atoms with E-state index in [1.54, 1.807) is 24.3 Å². The predicted octanol–water partition coefficient (Wildman–Crippen LogP) is 3.96. The van der Waals surface area contributed by atoms with Crippen molar-refractivity contribution in [1.82, 2.24) is 5.32 Å². The van der Waals surface area contributed by atoms with E-state index in [4.69, 9.17) is 16.3 Å². The van der Waals surface area contributed by atoms with E-state index in [9.17, 15) is 13.2 Å². The lowest BCUT2D eigenvalue weighted by Crippen LogP contribution is -2.24. The summed E-state index contributed by atoms with van der Waals surface area (Å²) in [6.45, 7) is 2.74. The van der Waals surface area contributed by atoms with Gasteiger partial charge in [-0.3, -0.25) is 0 Å². The van der Waals surface area contributed by atoms with E-state index >= 15 is 0 Å². The van der Waals surface area contributed by atoms with Gasteiger partial charge in [-0.05, 0) is 24.2 Å². The maximum absolute atomic E-state index is 12.1. The molecular formula is C13H17ClF3NO. The molecule has 0 aliphatic rings. The van der Waals surface area contributed by atoms with E-state index in [0.29, 0.717) is 11.6 Å². The highest BCUT2D eigenvalue weighted by molar-refractivity contribution is 6.30. The molecule has 0 saturated carbocycles. The van der Waals surface area contributed by atoms with Crippen molar-refractivity contribution in [1.29, 1.82) is 0 Å². The Morgan fingerprint density at radius 3 is 2.68 bits per heavy atom. The number of halogens is 4. The van der Waals surface area contributed by atoms with Crippen molar-refractivity contribution in [2.24, 2.45) is 0 Å². The lowest BCUT2D eigenvalue weighted by atomic mass is 10.1. The Morgan fingerprint density at radius 1 is 1.37 bits per heavy atom. The molecule has 0 aliphatic carbocycles. The van der Waals surface area contributed by atoms with E-state index in [-0.39, 0.29) is 6.61 Å². The first-order chi connectivity index (χ1) is 8.92. The van der Waals surface area contributed by atoms with Gasteiger partial charge in [-0.25, -0.2) is 0 Å². The lowest BCUT2D eigenvalue weighted by Gasteiger charge is -2.19. The van der Waals surface area contributed by atoms with Crippen molar-refractivity contribution in [2.75, 3.05) is 19.7 Å². The van der Waals surface area contributed by atoms with Crippen LogP contribution in [-0.2, 0) is 4.74 Å². The fourth-order valence-corrected chi connectivity index (χ4v) is 1.77. The molecule has 0 radical (unpaired) electrons. The molecule has 0 aliphatic heterocycles. The number of alkyl halides is 3. The second-order valence-corrected chi connectivity index (χ2v) is 4.52. The van der Waals surface area contributed by atoms with Gasteiger partial charge < -0.3 is 10.1 Å². The van der Waals surface area contributed by atoms with Crippen LogP contribution in [0.1, 0.15) is 25.0 Å². The Kier molecular flexibility index (Phi) is 6.62. The highest BCUT2D eigenvalue weighted by atomic mass is 35.5. The number of hydrogen-bond acceptors (Lipinski definition) is 2. The van der Waals surface area contributed by atoms with Crippen LogP contribution in [0, 0.1) is 0 Å². The lowest BCUT2D eigenvalue weighted by molar-refractivity contribution is -0.149. The topological polar surface area (TPSA) is 21.3 Å². The molecule has 0 bridgehead atoms. The van der Waals surface area contributed by atoms with Crippen molar-refractivity contribution in [3.8, 4) is 0 Å². The van der Waals surface area contributed by atoms with Crippen molar-refractivity contribution >= 4 is 11.6 Å². The highest BCUT2D eigenvalue weighted by Crippen LogP contribution is 2.24. The van der Waals surface area contributed by atoms with Crippen molar-refractivity contribution in [2.45, 2.75) is 25.6 Å². The molecule has 0 spiro atoms. The Bertz CT molecular complexity index is 384. The van der Waals surface area contributed by atoms with Crippen LogP contribution in [0.3, 0.4) is 0 Å². The molecular weight excluding hydrogens is 279 g/mol. The molecule has 0 fully saturated rings. The van der Waals surface area contributed by atoms with Crippen molar-refractivity contribution in [3.05, 3.63) is 34.9 Å². The third-order valence-corrected chi connectivity index (χ3v) is 2.74. The molecule has 0 aromatic heterocycles. The second kappa shape index (κ2) is 7.72. The van der Waals surface area contributed by atoms with Gasteiger partial charge in [-0.1, -0.05) is 30.7 Å². The maximum Gasteiger partial charge on any atom is 0.391 e. The quantitative estimate of drug-likeness (QED) is 0.822. The van der Waals surface area contributed by atoms with Gasteiger partial charge in [-0.15, -0.1) is 0 Å². The summed E-state index contributed by atoms with van der Waals surface area (Å²) in [6, 6.07) is 6.97. The van der Waals surface area contributed by atoms with Gasteiger partial charge in [0, 0.05) is 11.6 Å². The number of nitrogens with one attached hydrogen (secondary N) is 1. The molecule has 1 rings (SSSR count). The zero-order valence-electron chi connectivity index (χ0n) is 10.6. The molecule has 1 aromatic rings. The zero-order valence-corrected chi connectivity index (χ0v) is 11.4. The largest absolute Gasteiger partial charge is 0.391 e. The Hall–Kier alpha value is -0.780. The monoisotopic (exact) mass is 295 g/mol. The van der Waals surface area contributed by atoms with Crippen LogP contribution in [0.2, 0.25) is 5.02 Å². The van der Waals surface area contributed by atoms with Gasteiger partial charge >= 0.3 is 6.18 Å². The first-order valence-electron chi connectivity index (χ1n) is 6.07. The summed E-state index contributed by atoms with van der Waals surface area (Å²) in [6.07, 6.45) is -5.58. The van der Waals surface area contributed by atoms with Crippen LogP contribution in [0.25, 0.3) is 0 Å². The standard InChI is InChI=1S/C13H17ClF3NO/c1-2-18-9-12(19-7-6-13(15,16)17)10-4-3-5-11(14)8-10/h3-5,8,12,18H,2,6-7,9H2,1H3. The number of benzene rings is 1. The van der Waals surface area contributed by atoms with Crippen molar-refractivity contribution < 1.29 is 17.9 Å². The molecule has 1 N–H and O–H groups in total. The maximum atomic E-state index is 12.1. The van der Waals surface area contributed by atoms with Crippen LogP contribution in [0.5, 0.6) is 0 Å². The zero-order chi connectivity index (χ0) is 14.3. The Balaban J connectivity index is 2.61. The summed E-state index contributed by atoms with van der Waals surface area (Å²) in [5, 5.41) is 3.60. The smallest absolute Gasteiger partial charge is 0.372 e. The number of ether oxygens (including phenoxy) is 1. The minimum absolute atomic E-state index is 0.355. The normalized spacial score (nSPS) is 13.5. The summed E-state index contributed by atoms with van der Waals surface area (Å²) in [4.78, 5) is 0. The van der Waals surface area contributed by atoms with Gasteiger partial charge in [0.05, 0.1) is 19.1 Å². The Labute approximate surface area is 115 Å². The van der Waals surface area contributed by atoms with Crippen LogP contribution in [-0.4, -0.2) is 25.9 Å². The van der Waals surface area contributed by atoms with Crippen molar-refractivity contribution in [3.63, 3.8) is 0 Å².